The number of esters is 1. The topological polar surface area (TPSA) is 68.3 Å². The van der Waals surface area contributed by atoms with Crippen molar-refractivity contribution in [3.05, 3.63) is 42.1 Å². The predicted molar refractivity (Wildman–Crippen MR) is 96.1 cm³/mol. The van der Waals surface area contributed by atoms with Crippen LogP contribution in [0.25, 0.3) is 10.9 Å². The van der Waals surface area contributed by atoms with Gasteiger partial charge in [-0.3, -0.25) is 4.79 Å². The lowest BCUT2D eigenvalue weighted by Gasteiger charge is -2.34. The summed E-state index contributed by atoms with van der Waals surface area (Å²) < 4.78 is 5.13. The molecule has 0 unspecified atom stereocenters. The first-order chi connectivity index (χ1) is 12.0. The maximum atomic E-state index is 12.1. The normalized spacial score (nSPS) is 23.2. The summed E-state index contributed by atoms with van der Waals surface area (Å²) in [7, 11) is 0. The van der Waals surface area contributed by atoms with Gasteiger partial charge in [0.1, 0.15) is 5.69 Å². The summed E-state index contributed by atoms with van der Waals surface area (Å²) in [6.45, 7) is 4.11. The van der Waals surface area contributed by atoms with Crippen molar-refractivity contribution < 1.29 is 14.3 Å². The number of hydrogen-bond acceptors (Lipinski definition) is 4. The van der Waals surface area contributed by atoms with Crippen LogP contribution in [0.15, 0.2) is 36.4 Å². The van der Waals surface area contributed by atoms with Crippen molar-refractivity contribution in [1.82, 2.24) is 10.3 Å². The van der Waals surface area contributed by atoms with Gasteiger partial charge in [0.2, 0.25) is 0 Å². The highest BCUT2D eigenvalue weighted by atomic mass is 16.5. The van der Waals surface area contributed by atoms with Crippen LogP contribution in [0.1, 0.15) is 43.6 Å². The minimum Gasteiger partial charge on any atom is -0.451 e. The number of benzene rings is 1. The minimum atomic E-state index is -0.578. The molecule has 2 aromatic rings. The first-order valence-corrected chi connectivity index (χ1v) is 8.87. The molecule has 0 radical (unpaired) electrons. The number of rotatable bonds is 4. The summed E-state index contributed by atoms with van der Waals surface area (Å²) >= 11 is 0. The monoisotopic (exact) mass is 340 g/mol. The van der Waals surface area contributed by atoms with Crippen LogP contribution in [-0.2, 0) is 9.53 Å². The second-order valence-corrected chi connectivity index (χ2v) is 6.91. The zero-order valence-electron chi connectivity index (χ0n) is 14.7. The Bertz CT molecular complexity index is 774. The maximum Gasteiger partial charge on any atom is 0.357 e. The van der Waals surface area contributed by atoms with Gasteiger partial charge >= 0.3 is 5.97 Å². The van der Waals surface area contributed by atoms with Gasteiger partial charge in [-0.25, -0.2) is 9.78 Å². The fourth-order valence-corrected chi connectivity index (χ4v) is 3.42. The van der Waals surface area contributed by atoms with Gasteiger partial charge in [-0.05, 0) is 30.4 Å². The third-order valence-electron chi connectivity index (χ3n) is 5.20. The molecule has 132 valence electrons. The minimum absolute atomic E-state index is 0.161. The molecule has 3 rings (SSSR count). The molecule has 1 aliphatic carbocycles. The van der Waals surface area contributed by atoms with E-state index in [-0.39, 0.29) is 24.2 Å². The SMILES string of the molecule is C[C@H]1[C@@H](C)CCC[C@H]1NC(=O)COC(=O)c1ccc2ccccc2n1. The van der Waals surface area contributed by atoms with E-state index in [9.17, 15) is 9.59 Å². The molecule has 1 amide bonds. The first kappa shape index (κ1) is 17.4. The number of carbonyl (C=O) groups excluding carboxylic acids is 2. The molecule has 0 saturated heterocycles. The number of nitrogens with one attached hydrogen (secondary N) is 1. The molecule has 1 aromatic carbocycles. The molecule has 25 heavy (non-hydrogen) atoms. The molecule has 0 spiro atoms. The molecule has 1 N–H and O–H groups in total. The lowest BCUT2D eigenvalue weighted by atomic mass is 9.78. The Kier molecular flexibility index (Phi) is 5.31. The zero-order chi connectivity index (χ0) is 17.8. The maximum absolute atomic E-state index is 12.1. The Morgan fingerprint density at radius 3 is 2.80 bits per heavy atom. The third kappa shape index (κ3) is 4.16. The van der Waals surface area contributed by atoms with Crippen LogP contribution in [0.4, 0.5) is 0 Å². The van der Waals surface area contributed by atoms with Crippen LogP contribution >= 0.6 is 0 Å². The number of ether oxygens (including phenoxy) is 1. The molecule has 1 heterocycles. The Labute approximate surface area is 147 Å². The summed E-state index contributed by atoms with van der Waals surface area (Å²) in [6.07, 6.45) is 3.31. The van der Waals surface area contributed by atoms with E-state index >= 15 is 0 Å². The number of aromatic nitrogens is 1. The zero-order valence-corrected chi connectivity index (χ0v) is 14.7. The highest BCUT2D eigenvalue weighted by molar-refractivity contribution is 5.92. The summed E-state index contributed by atoms with van der Waals surface area (Å²) in [5, 5.41) is 3.95. The standard InChI is InChI=1S/C20H24N2O3/c1-13-6-5-9-16(14(13)2)22-19(23)12-25-20(24)18-11-10-15-7-3-4-8-17(15)21-18/h3-4,7-8,10-11,13-14,16H,5-6,9,12H2,1-2H3,(H,22,23)/t13-,14-,16+/m0/s1. The van der Waals surface area contributed by atoms with Gasteiger partial charge in [0.25, 0.3) is 5.91 Å². The number of para-hydroxylation sites is 1. The van der Waals surface area contributed by atoms with E-state index < -0.39 is 5.97 Å². The number of amides is 1. The van der Waals surface area contributed by atoms with Crippen LogP contribution in [0.5, 0.6) is 0 Å². The van der Waals surface area contributed by atoms with Gasteiger partial charge in [0, 0.05) is 11.4 Å². The van der Waals surface area contributed by atoms with Crippen molar-refractivity contribution in [2.75, 3.05) is 6.61 Å². The van der Waals surface area contributed by atoms with E-state index in [0.717, 1.165) is 23.7 Å². The van der Waals surface area contributed by atoms with Gasteiger partial charge in [-0.1, -0.05) is 51.0 Å². The molecule has 0 bridgehead atoms. The summed E-state index contributed by atoms with van der Waals surface area (Å²) in [4.78, 5) is 28.5. The molecule has 1 fully saturated rings. The van der Waals surface area contributed by atoms with E-state index in [0.29, 0.717) is 11.8 Å². The van der Waals surface area contributed by atoms with Crippen LogP contribution < -0.4 is 5.32 Å². The van der Waals surface area contributed by atoms with Gasteiger partial charge in [0.05, 0.1) is 5.52 Å². The highest BCUT2D eigenvalue weighted by Gasteiger charge is 2.28. The van der Waals surface area contributed by atoms with Crippen molar-refractivity contribution in [3.63, 3.8) is 0 Å². The number of fused-ring (bicyclic) bond motifs is 1. The van der Waals surface area contributed by atoms with E-state index in [2.05, 4.69) is 24.1 Å². The Morgan fingerprint density at radius 1 is 1.16 bits per heavy atom. The molecule has 3 atom stereocenters. The largest absolute Gasteiger partial charge is 0.451 e. The van der Waals surface area contributed by atoms with Crippen LogP contribution in [0, 0.1) is 11.8 Å². The van der Waals surface area contributed by atoms with E-state index in [1.165, 1.54) is 6.42 Å². The Balaban J connectivity index is 1.55. The van der Waals surface area contributed by atoms with Crippen molar-refractivity contribution in [2.24, 2.45) is 11.8 Å². The van der Waals surface area contributed by atoms with Crippen molar-refractivity contribution >= 4 is 22.8 Å². The molecular weight excluding hydrogens is 316 g/mol. The van der Waals surface area contributed by atoms with Gasteiger partial charge < -0.3 is 10.1 Å². The van der Waals surface area contributed by atoms with Crippen molar-refractivity contribution in [1.29, 1.82) is 0 Å². The van der Waals surface area contributed by atoms with E-state index in [1.54, 1.807) is 6.07 Å². The fourth-order valence-electron chi connectivity index (χ4n) is 3.42. The first-order valence-electron chi connectivity index (χ1n) is 8.87. The van der Waals surface area contributed by atoms with Gasteiger partial charge in [-0.15, -0.1) is 0 Å². The lowest BCUT2D eigenvalue weighted by Crippen LogP contribution is -2.45. The fraction of sp³-hybridized carbons (Fsp3) is 0.450. The van der Waals surface area contributed by atoms with E-state index in [4.69, 9.17) is 4.74 Å². The number of nitrogens with zero attached hydrogens (tertiary/aromatic N) is 1. The number of pyridine rings is 1. The van der Waals surface area contributed by atoms with Gasteiger partial charge in [-0.2, -0.15) is 0 Å². The van der Waals surface area contributed by atoms with Crippen molar-refractivity contribution in [2.45, 2.75) is 39.2 Å². The number of hydrogen-bond donors (Lipinski definition) is 1. The summed E-state index contributed by atoms with van der Waals surface area (Å²) in [6, 6.07) is 11.1. The smallest absolute Gasteiger partial charge is 0.357 e. The molecule has 5 nitrogen and oxygen atoms in total. The molecule has 1 saturated carbocycles. The van der Waals surface area contributed by atoms with Gasteiger partial charge in [0.15, 0.2) is 6.61 Å². The molecule has 1 aromatic heterocycles. The average Bonchev–Trinajstić information content (AvgIpc) is 2.63. The second-order valence-electron chi connectivity index (χ2n) is 6.91. The molecule has 0 aliphatic heterocycles. The van der Waals surface area contributed by atoms with Crippen LogP contribution in [0.2, 0.25) is 0 Å². The quantitative estimate of drug-likeness (QED) is 0.867. The van der Waals surface area contributed by atoms with Crippen LogP contribution in [-0.4, -0.2) is 29.5 Å². The average molecular weight is 340 g/mol. The molecular formula is C20H24N2O3. The lowest BCUT2D eigenvalue weighted by molar-refractivity contribution is -0.125. The highest BCUT2D eigenvalue weighted by Crippen LogP contribution is 2.29. The van der Waals surface area contributed by atoms with Crippen LogP contribution in [0.3, 0.4) is 0 Å². The van der Waals surface area contributed by atoms with Crippen molar-refractivity contribution in [3.8, 4) is 0 Å². The second kappa shape index (κ2) is 7.64. The Hall–Kier alpha value is -2.43. The third-order valence-corrected chi connectivity index (χ3v) is 5.20. The van der Waals surface area contributed by atoms with E-state index in [1.807, 2.05) is 30.3 Å². The molecule has 5 heteroatoms. The number of carbonyl (C=O) groups is 2. The summed E-state index contributed by atoms with van der Waals surface area (Å²) in [5.41, 5.74) is 0.942. The summed E-state index contributed by atoms with van der Waals surface area (Å²) in [5.74, 6) is 0.213. The molecule has 1 aliphatic rings. The predicted octanol–water partition coefficient (Wildman–Crippen LogP) is 3.33. The Morgan fingerprint density at radius 2 is 1.96 bits per heavy atom.